The summed E-state index contributed by atoms with van der Waals surface area (Å²) in [7, 11) is 1.70. The van der Waals surface area contributed by atoms with Gasteiger partial charge in [0, 0.05) is 19.0 Å². The fraction of sp³-hybridized carbons (Fsp3) is 0.647. The van der Waals surface area contributed by atoms with Crippen LogP contribution in [0.5, 0.6) is 5.75 Å². The van der Waals surface area contributed by atoms with Crippen LogP contribution in [0.3, 0.4) is 0 Å². The topological polar surface area (TPSA) is 32.7 Å². The van der Waals surface area contributed by atoms with Crippen LogP contribution in [0, 0.1) is 0 Å². The van der Waals surface area contributed by atoms with Gasteiger partial charge in [0.1, 0.15) is 12.0 Å². The molecule has 3 heteroatoms. The number of nitrogens with zero attached hydrogens (tertiary/aromatic N) is 1. The average Bonchev–Trinajstić information content (AvgIpc) is 2.89. The Hall–Kier alpha value is -1.06. The lowest BCUT2D eigenvalue weighted by molar-refractivity contribution is -0.0168. The molecule has 2 rings (SSSR count). The smallest absolute Gasteiger partial charge is 0.119 e. The minimum Gasteiger partial charge on any atom is -0.497 e. The maximum Gasteiger partial charge on any atom is 0.119 e. The number of aryl methyl sites for hydroxylation is 1. The van der Waals surface area contributed by atoms with Crippen LogP contribution < -0.4 is 4.74 Å². The highest BCUT2D eigenvalue weighted by atomic mass is 16.5. The van der Waals surface area contributed by atoms with Crippen LogP contribution in [0.1, 0.15) is 50.2 Å². The molecule has 2 atom stereocenters. The zero-order valence-electron chi connectivity index (χ0n) is 12.9. The van der Waals surface area contributed by atoms with Crippen LogP contribution in [0.2, 0.25) is 0 Å². The van der Waals surface area contributed by atoms with Crippen LogP contribution in [0.25, 0.3) is 0 Å². The largest absolute Gasteiger partial charge is 0.497 e. The second kappa shape index (κ2) is 7.09. The van der Waals surface area contributed by atoms with Crippen LogP contribution in [0.15, 0.2) is 18.2 Å². The van der Waals surface area contributed by atoms with E-state index >= 15 is 0 Å². The summed E-state index contributed by atoms with van der Waals surface area (Å²) in [5.74, 6) is 1.11. The number of rotatable bonds is 7. The van der Waals surface area contributed by atoms with Crippen molar-refractivity contribution in [3.63, 3.8) is 0 Å². The maximum atomic E-state index is 10.8. The summed E-state index contributed by atoms with van der Waals surface area (Å²) in [6.45, 7) is 6.26. The first-order chi connectivity index (χ1) is 9.71. The van der Waals surface area contributed by atoms with Crippen LogP contribution >= 0.6 is 0 Å². The lowest BCUT2D eigenvalue weighted by Gasteiger charge is -2.31. The van der Waals surface area contributed by atoms with Gasteiger partial charge in [-0.1, -0.05) is 19.9 Å². The van der Waals surface area contributed by atoms with Crippen LogP contribution in [-0.2, 0) is 6.42 Å². The van der Waals surface area contributed by atoms with Crippen LogP contribution in [0.4, 0.5) is 0 Å². The standard InChI is InChI=1S/C17H27NO2/c1-4-10-18(11-5-2)17(19)15-9-7-13-6-8-14(20-3)12-16(13)15/h6,8,12,15,17,19H,4-5,7,9-11H2,1-3H3. The van der Waals surface area contributed by atoms with Crippen molar-refractivity contribution in [1.82, 2.24) is 4.90 Å². The first-order valence-corrected chi connectivity index (χ1v) is 7.80. The van der Waals surface area contributed by atoms with Gasteiger partial charge < -0.3 is 9.84 Å². The van der Waals surface area contributed by atoms with Crippen molar-refractivity contribution in [3.8, 4) is 5.75 Å². The summed E-state index contributed by atoms with van der Waals surface area (Å²) < 4.78 is 5.33. The van der Waals surface area contributed by atoms with E-state index in [1.54, 1.807) is 7.11 Å². The van der Waals surface area contributed by atoms with Crippen molar-refractivity contribution < 1.29 is 9.84 Å². The quantitative estimate of drug-likeness (QED) is 0.777. The van der Waals surface area contributed by atoms with Gasteiger partial charge in [0.2, 0.25) is 0 Å². The summed E-state index contributed by atoms with van der Waals surface area (Å²) in [5.41, 5.74) is 2.64. The Balaban J connectivity index is 2.18. The zero-order valence-corrected chi connectivity index (χ0v) is 12.9. The van der Waals surface area contributed by atoms with Gasteiger partial charge >= 0.3 is 0 Å². The highest BCUT2D eigenvalue weighted by Crippen LogP contribution is 2.38. The SMILES string of the molecule is CCCN(CCC)C(O)C1CCc2ccc(OC)cc21. The number of hydrogen-bond donors (Lipinski definition) is 1. The molecule has 0 heterocycles. The van der Waals surface area contributed by atoms with E-state index in [0.29, 0.717) is 0 Å². The molecular formula is C17H27NO2. The van der Waals surface area contributed by atoms with E-state index < -0.39 is 0 Å². The van der Waals surface area contributed by atoms with Gasteiger partial charge in [0.25, 0.3) is 0 Å². The fourth-order valence-corrected chi connectivity index (χ4v) is 3.25. The van der Waals surface area contributed by atoms with E-state index in [9.17, 15) is 5.11 Å². The Bertz CT molecular complexity index is 427. The molecule has 1 aliphatic rings. The molecule has 2 unspecified atom stereocenters. The highest BCUT2D eigenvalue weighted by molar-refractivity contribution is 5.41. The predicted molar refractivity (Wildman–Crippen MR) is 82.2 cm³/mol. The van der Waals surface area contributed by atoms with E-state index in [1.165, 1.54) is 11.1 Å². The number of methoxy groups -OCH3 is 1. The van der Waals surface area contributed by atoms with Crippen molar-refractivity contribution >= 4 is 0 Å². The number of hydrogen-bond acceptors (Lipinski definition) is 3. The molecule has 1 aromatic rings. The van der Waals surface area contributed by atoms with E-state index in [-0.39, 0.29) is 12.1 Å². The maximum absolute atomic E-state index is 10.8. The van der Waals surface area contributed by atoms with Crippen molar-refractivity contribution in [2.24, 2.45) is 0 Å². The van der Waals surface area contributed by atoms with E-state index in [2.05, 4.69) is 30.9 Å². The van der Waals surface area contributed by atoms with Gasteiger partial charge in [-0.25, -0.2) is 0 Å². The molecule has 0 bridgehead atoms. The molecular weight excluding hydrogens is 250 g/mol. The van der Waals surface area contributed by atoms with Crippen molar-refractivity contribution in [1.29, 1.82) is 0 Å². The summed E-state index contributed by atoms with van der Waals surface area (Å²) in [6, 6.07) is 6.26. The number of aliphatic hydroxyl groups is 1. The number of ether oxygens (including phenoxy) is 1. The Morgan fingerprint density at radius 3 is 2.60 bits per heavy atom. The van der Waals surface area contributed by atoms with E-state index in [1.807, 2.05) is 6.07 Å². The lowest BCUT2D eigenvalue weighted by Crippen LogP contribution is -2.40. The fourth-order valence-electron chi connectivity index (χ4n) is 3.25. The zero-order chi connectivity index (χ0) is 14.5. The molecule has 0 fully saturated rings. The number of aliphatic hydroxyl groups excluding tert-OH is 1. The Kier molecular flexibility index (Phi) is 5.44. The van der Waals surface area contributed by atoms with Gasteiger partial charge in [0.15, 0.2) is 0 Å². The molecule has 0 aromatic heterocycles. The van der Waals surface area contributed by atoms with Gasteiger partial charge in [-0.2, -0.15) is 0 Å². The molecule has 0 saturated carbocycles. The number of benzene rings is 1. The van der Waals surface area contributed by atoms with Gasteiger partial charge in [0.05, 0.1) is 7.11 Å². The Morgan fingerprint density at radius 1 is 1.30 bits per heavy atom. The Morgan fingerprint density at radius 2 is 2.00 bits per heavy atom. The summed E-state index contributed by atoms with van der Waals surface area (Å²) in [5, 5.41) is 10.8. The van der Waals surface area contributed by atoms with Gasteiger partial charge in [-0.05, 0) is 48.9 Å². The monoisotopic (exact) mass is 277 g/mol. The molecule has 1 aromatic carbocycles. The molecule has 0 amide bonds. The molecule has 3 nitrogen and oxygen atoms in total. The third kappa shape index (κ3) is 3.15. The minimum absolute atomic E-state index is 0.221. The molecule has 0 radical (unpaired) electrons. The lowest BCUT2D eigenvalue weighted by atomic mass is 9.98. The second-order valence-electron chi connectivity index (χ2n) is 5.66. The van der Waals surface area contributed by atoms with Crippen molar-refractivity contribution in [2.75, 3.05) is 20.2 Å². The van der Waals surface area contributed by atoms with Gasteiger partial charge in [-0.3, -0.25) is 4.90 Å². The molecule has 0 aliphatic heterocycles. The van der Waals surface area contributed by atoms with Crippen molar-refractivity contribution in [2.45, 2.75) is 51.7 Å². The van der Waals surface area contributed by atoms with Crippen molar-refractivity contribution in [3.05, 3.63) is 29.3 Å². The Labute approximate surface area is 122 Å². The number of fused-ring (bicyclic) bond motifs is 1. The van der Waals surface area contributed by atoms with E-state index in [4.69, 9.17) is 4.74 Å². The predicted octanol–water partition coefficient (Wildman–Crippen LogP) is 3.17. The van der Waals surface area contributed by atoms with E-state index in [0.717, 1.165) is 44.5 Å². The minimum atomic E-state index is -0.372. The third-order valence-corrected chi connectivity index (χ3v) is 4.23. The summed E-state index contributed by atoms with van der Waals surface area (Å²) >= 11 is 0. The molecule has 1 aliphatic carbocycles. The highest BCUT2D eigenvalue weighted by Gasteiger charge is 2.32. The van der Waals surface area contributed by atoms with Gasteiger partial charge in [-0.15, -0.1) is 0 Å². The molecule has 1 N–H and O–H groups in total. The first-order valence-electron chi connectivity index (χ1n) is 7.80. The summed E-state index contributed by atoms with van der Waals surface area (Å²) in [4.78, 5) is 2.22. The average molecular weight is 277 g/mol. The molecule has 0 spiro atoms. The molecule has 112 valence electrons. The molecule has 20 heavy (non-hydrogen) atoms. The van der Waals surface area contributed by atoms with Crippen LogP contribution in [-0.4, -0.2) is 36.4 Å². The summed E-state index contributed by atoms with van der Waals surface area (Å²) in [6.07, 6.45) is 3.88. The third-order valence-electron chi connectivity index (χ3n) is 4.23. The first kappa shape index (κ1) is 15.3. The normalized spacial score (nSPS) is 19.1. The molecule has 0 saturated heterocycles. The second-order valence-corrected chi connectivity index (χ2v) is 5.66.